The smallest absolute Gasteiger partial charge is 0.120 e. The van der Waals surface area contributed by atoms with Crippen molar-refractivity contribution >= 4 is 39.1 Å². The van der Waals surface area contributed by atoms with E-state index in [1.165, 1.54) is 0 Å². The van der Waals surface area contributed by atoms with E-state index in [0.29, 0.717) is 24.3 Å². The Hall–Kier alpha value is 0.0800. The summed E-state index contributed by atoms with van der Waals surface area (Å²) in [5.74, 6) is 2.38. The molecule has 0 heterocycles. The van der Waals surface area contributed by atoms with Gasteiger partial charge in [-0.05, 0) is 30.5 Å². The zero-order valence-electron chi connectivity index (χ0n) is 8.26. The monoisotopic (exact) mass is 310 g/mol. The van der Waals surface area contributed by atoms with Crippen LogP contribution in [0.15, 0.2) is 28.7 Å². The van der Waals surface area contributed by atoms with Gasteiger partial charge < -0.3 is 4.74 Å². The van der Waals surface area contributed by atoms with Gasteiger partial charge in [-0.15, -0.1) is 23.2 Å². The molecule has 1 nitrogen and oxygen atoms in total. The van der Waals surface area contributed by atoms with Crippen LogP contribution in [0.4, 0.5) is 0 Å². The minimum absolute atomic E-state index is 0.334. The molecule has 0 radical (unpaired) electrons. The summed E-state index contributed by atoms with van der Waals surface area (Å²) in [7, 11) is 0. The lowest BCUT2D eigenvalue weighted by Crippen LogP contribution is -2.09. The van der Waals surface area contributed by atoms with Crippen molar-refractivity contribution in [1.29, 1.82) is 0 Å². The van der Waals surface area contributed by atoms with Crippen LogP contribution in [0.2, 0.25) is 0 Å². The van der Waals surface area contributed by atoms with E-state index in [2.05, 4.69) is 15.9 Å². The fraction of sp³-hybridized carbons (Fsp3) is 0.455. The van der Waals surface area contributed by atoms with Crippen molar-refractivity contribution in [2.24, 2.45) is 5.92 Å². The molecule has 0 fully saturated rings. The summed E-state index contributed by atoms with van der Waals surface area (Å²) in [5, 5.41) is 0. The topological polar surface area (TPSA) is 9.23 Å². The molecule has 0 aliphatic heterocycles. The average molecular weight is 312 g/mol. The van der Waals surface area contributed by atoms with Gasteiger partial charge in [-0.1, -0.05) is 22.0 Å². The highest BCUT2D eigenvalue weighted by Crippen LogP contribution is 2.18. The summed E-state index contributed by atoms with van der Waals surface area (Å²) < 4.78 is 6.59. The summed E-state index contributed by atoms with van der Waals surface area (Å²) in [6.45, 7) is 0.653. The van der Waals surface area contributed by atoms with Crippen molar-refractivity contribution in [2.75, 3.05) is 18.4 Å². The van der Waals surface area contributed by atoms with E-state index in [1.54, 1.807) is 0 Å². The molecule has 1 aromatic rings. The van der Waals surface area contributed by atoms with E-state index in [4.69, 9.17) is 27.9 Å². The largest absolute Gasteiger partial charge is 0.494 e. The van der Waals surface area contributed by atoms with E-state index in [-0.39, 0.29) is 0 Å². The summed E-state index contributed by atoms with van der Waals surface area (Å²) in [6, 6.07) is 7.78. The first-order valence-corrected chi connectivity index (χ1v) is 6.62. The highest BCUT2D eigenvalue weighted by molar-refractivity contribution is 9.10. The third-order valence-corrected chi connectivity index (χ3v) is 3.39. The van der Waals surface area contributed by atoms with Crippen LogP contribution in [0.25, 0.3) is 0 Å². The van der Waals surface area contributed by atoms with Crippen LogP contribution in [0.1, 0.15) is 6.42 Å². The first-order valence-electron chi connectivity index (χ1n) is 4.76. The highest BCUT2D eigenvalue weighted by Gasteiger charge is 2.05. The Balaban J connectivity index is 2.31. The molecule has 1 aromatic carbocycles. The van der Waals surface area contributed by atoms with E-state index < -0.39 is 0 Å². The molecule has 1 rings (SSSR count). The SMILES string of the molecule is ClCC(CCl)CCOc1cccc(Br)c1. The summed E-state index contributed by atoms with van der Waals surface area (Å²) in [5.41, 5.74) is 0. The second-order valence-electron chi connectivity index (χ2n) is 3.27. The third-order valence-electron chi connectivity index (χ3n) is 2.03. The van der Waals surface area contributed by atoms with E-state index in [0.717, 1.165) is 16.6 Å². The van der Waals surface area contributed by atoms with Crippen molar-refractivity contribution in [3.05, 3.63) is 28.7 Å². The fourth-order valence-electron chi connectivity index (χ4n) is 1.10. The Labute approximate surface area is 109 Å². The Bertz CT molecular complexity index is 290. The van der Waals surface area contributed by atoms with E-state index >= 15 is 0 Å². The van der Waals surface area contributed by atoms with Crippen molar-refractivity contribution in [2.45, 2.75) is 6.42 Å². The molecule has 0 aromatic heterocycles. The van der Waals surface area contributed by atoms with Gasteiger partial charge in [-0.25, -0.2) is 0 Å². The molecule has 4 heteroatoms. The minimum Gasteiger partial charge on any atom is -0.494 e. The Morgan fingerprint density at radius 1 is 1.27 bits per heavy atom. The predicted molar refractivity (Wildman–Crippen MR) is 69.2 cm³/mol. The van der Waals surface area contributed by atoms with Gasteiger partial charge in [0.05, 0.1) is 6.61 Å². The van der Waals surface area contributed by atoms with Gasteiger partial charge in [0, 0.05) is 16.2 Å². The Morgan fingerprint density at radius 3 is 2.60 bits per heavy atom. The lowest BCUT2D eigenvalue weighted by Gasteiger charge is -2.11. The van der Waals surface area contributed by atoms with Gasteiger partial charge in [0.15, 0.2) is 0 Å². The van der Waals surface area contributed by atoms with Gasteiger partial charge in [-0.3, -0.25) is 0 Å². The molecule has 15 heavy (non-hydrogen) atoms. The van der Waals surface area contributed by atoms with E-state index in [9.17, 15) is 0 Å². The van der Waals surface area contributed by atoms with Crippen LogP contribution < -0.4 is 4.74 Å². The van der Waals surface area contributed by atoms with Crippen molar-refractivity contribution in [1.82, 2.24) is 0 Å². The van der Waals surface area contributed by atoms with Gasteiger partial charge in [0.25, 0.3) is 0 Å². The zero-order valence-corrected chi connectivity index (χ0v) is 11.4. The molecule has 0 unspecified atom stereocenters. The molecule has 0 bridgehead atoms. The van der Waals surface area contributed by atoms with Crippen LogP contribution >= 0.6 is 39.1 Å². The van der Waals surface area contributed by atoms with Crippen LogP contribution in [0.3, 0.4) is 0 Å². The number of rotatable bonds is 6. The molecule has 0 saturated carbocycles. The summed E-state index contributed by atoms with van der Waals surface area (Å²) in [6.07, 6.45) is 0.888. The second-order valence-corrected chi connectivity index (χ2v) is 4.80. The number of hydrogen-bond donors (Lipinski definition) is 0. The molecule has 0 atom stereocenters. The Morgan fingerprint density at radius 2 is 2.00 bits per heavy atom. The van der Waals surface area contributed by atoms with Gasteiger partial charge in [0.2, 0.25) is 0 Å². The molecular formula is C11H13BrCl2O. The lowest BCUT2D eigenvalue weighted by atomic mass is 10.1. The molecule has 0 aliphatic rings. The number of hydrogen-bond acceptors (Lipinski definition) is 1. The average Bonchev–Trinajstić information content (AvgIpc) is 2.25. The molecule has 84 valence electrons. The van der Waals surface area contributed by atoms with Crippen LogP contribution in [0.5, 0.6) is 5.75 Å². The Kier molecular flexibility index (Phi) is 6.46. The number of alkyl halides is 2. The number of benzene rings is 1. The zero-order chi connectivity index (χ0) is 11.1. The first-order chi connectivity index (χ1) is 7.26. The van der Waals surface area contributed by atoms with Crippen LogP contribution in [-0.2, 0) is 0 Å². The standard InChI is InChI=1S/C11H13BrCl2O/c12-10-2-1-3-11(6-10)15-5-4-9(7-13)8-14/h1-3,6,9H,4-5,7-8H2. The van der Waals surface area contributed by atoms with Crippen molar-refractivity contribution in [3.63, 3.8) is 0 Å². The van der Waals surface area contributed by atoms with Crippen molar-refractivity contribution < 1.29 is 4.74 Å². The van der Waals surface area contributed by atoms with Gasteiger partial charge in [0.1, 0.15) is 5.75 Å². The molecular weight excluding hydrogens is 299 g/mol. The maximum atomic E-state index is 5.73. The highest BCUT2D eigenvalue weighted by atomic mass is 79.9. The first kappa shape index (κ1) is 13.1. The van der Waals surface area contributed by atoms with Gasteiger partial charge >= 0.3 is 0 Å². The molecule has 0 amide bonds. The van der Waals surface area contributed by atoms with E-state index in [1.807, 2.05) is 24.3 Å². The quantitative estimate of drug-likeness (QED) is 0.711. The molecule has 0 aliphatic carbocycles. The molecule has 0 spiro atoms. The van der Waals surface area contributed by atoms with Gasteiger partial charge in [-0.2, -0.15) is 0 Å². The minimum atomic E-state index is 0.334. The van der Waals surface area contributed by atoms with Crippen molar-refractivity contribution in [3.8, 4) is 5.75 Å². The van der Waals surface area contributed by atoms with Crippen LogP contribution in [0, 0.1) is 5.92 Å². The normalized spacial score (nSPS) is 10.7. The lowest BCUT2D eigenvalue weighted by molar-refractivity contribution is 0.291. The molecule has 0 saturated heterocycles. The number of ether oxygens (including phenoxy) is 1. The maximum absolute atomic E-state index is 5.73. The summed E-state index contributed by atoms with van der Waals surface area (Å²) in [4.78, 5) is 0. The maximum Gasteiger partial charge on any atom is 0.120 e. The fourth-order valence-corrected chi connectivity index (χ4v) is 2.11. The molecule has 0 N–H and O–H groups in total. The second kappa shape index (κ2) is 7.37. The number of halogens is 3. The predicted octanol–water partition coefficient (Wildman–Crippen LogP) is 4.31. The third kappa shape index (κ3) is 5.10. The van der Waals surface area contributed by atoms with Crippen LogP contribution in [-0.4, -0.2) is 18.4 Å². The summed E-state index contributed by atoms with van der Waals surface area (Å²) >= 11 is 14.8.